The largest absolute Gasteiger partial charge is 0.416 e. The van der Waals surface area contributed by atoms with Crippen LogP contribution in [0.2, 0.25) is 0 Å². The molecule has 21 heavy (non-hydrogen) atoms. The van der Waals surface area contributed by atoms with Gasteiger partial charge >= 0.3 is 6.18 Å². The fourth-order valence-electron chi connectivity index (χ4n) is 1.88. The number of thioether (sulfide) groups is 1. The number of halogens is 3. The van der Waals surface area contributed by atoms with Crippen molar-refractivity contribution in [1.29, 1.82) is 0 Å². The van der Waals surface area contributed by atoms with E-state index >= 15 is 0 Å². The Morgan fingerprint density at radius 1 is 1.00 bits per heavy atom. The van der Waals surface area contributed by atoms with Gasteiger partial charge in [0.15, 0.2) is 5.78 Å². The fraction of sp³-hybridized carbons (Fsp3) is 0.188. The molecule has 0 atom stereocenters. The summed E-state index contributed by atoms with van der Waals surface area (Å²) in [4.78, 5) is 13.1. The third-order valence-electron chi connectivity index (χ3n) is 3.06. The number of ketones is 1. The lowest BCUT2D eigenvalue weighted by Crippen LogP contribution is -2.06. The second-order valence-electron chi connectivity index (χ2n) is 4.52. The van der Waals surface area contributed by atoms with E-state index in [-0.39, 0.29) is 12.2 Å². The normalized spacial score (nSPS) is 11.4. The highest BCUT2D eigenvalue weighted by molar-refractivity contribution is 7.98. The summed E-state index contributed by atoms with van der Waals surface area (Å²) in [6.07, 6.45) is -2.31. The van der Waals surface area contributed by atoms with Gasteiger partial charge in [0.1, 0.15) is 0 Å². The SMILES string of the molecule is CSc1ccc(C(=O)Cc2ccc(C(F)(F)F)cc2)cc1. The first-order valence-corrected chi connectivity index (χ1v) is 7.46. The summed E-state index contributed by atoms with van der Waals surface area (Å²) < 4.78 is 37.3. The maximum atomic E-state index is 12.4. The molecule has 2 aromatic rings. The molecule has 0 fully saturated rings. The number of rotatable bonds is 4. The Morgan fingerprint density at radius 2 is 1.57 bits per heavy atom. The molecule has 0 saturated heterocycles. The second-order valence-corrected chi connectivity index (χ2v) is 5.40. The molecule has 2 aromatic carbocycles. The molecule has 0 amide bonds. The van der Waals surface area contributed by atoms with Gasteiger partial charge in [0.2, 0.25) is 0 Å². The van der Waals surface area contributed by atoms with E-state index in [0.29, 0.717) is 11.1 Å². The number of carbonyl (C=O) groups is 1. The molecule has 0 radical (unpaired) electrons. The van der Waals surface area contributed by atoms with Gasteiger partial charge in [0, 0.05) is 16.9 Å². The van der Waals surface area contributed by atoms with Crippen LogP contribution < -0.4 is 0 Å². The summed E-state index contributed by atoms with van der Waals surface area (Å²) in [6.45, 7) is 0. The van der Waals surface area contributed by atoms with Crippen molar-refractivity contribution >= 4 is 17.5 Å². The van der Waals surface area contributed by atoms with Gasteiger partial charge in [-0.15, -0.1) is 11.8 Å². The zero-order chi connectivity index (χ0) is 15.5. The lowest BCUT2D eigenvalue weighted by molar-refractivity contribution is -0.137. The van der Waals surface area contributed by atoms with E-state index < -0.39 is 11.7 Å². The molecule has 0 aliphatic rings. The number of hydrogen-bond donors (Lipinski definition) is 0. The summed E-state index contributed by atoms with van der Waals surface area (Å²) in [5, 5.41) is 0. The van der Waals surface area contributed by atoms with Crippen LogP contribution >= 0.6 is 11.8 Å². The molecule has 0 spiro atoms. The molecule has 0 unspecified atom stereocenters. The first-order chi connectivity index (χ1) is 9.90. The second kappa shape index (κ2) is 6.35. The first kappa shape index (κ1) is 15.6. The van der Waals surface area contributed by atoms with Gasteiger partial charge in [-0.05, 0) is 36.1 Å². The number of carbonyl (C=O) groups excluding carboxylic acids is 1. The number of Topliss-reactive ketones (excluding diaryl/α,β-unsaturated/α-hetero) is 1. The van der Waals surface area contributed by atoms with Crippen LogP contribution in [0.25, 0.3) is 0 Å². The first-order valence-electron chi connectivity index (χ1n) is 6.23. The number of benzene rings is 2. The molecule has 0 aromatic heterocycles. The minimum absolute atomic E-state index is 0.0940. The summed E-state index contributed by atoms with van der Waals surface area (Å²) in [5.74, 6) is -0.109. The van der Waals surface area contributed by atoms with Crippen LogP contribution in [0.5, 0.6) is 0 Å². The van der Waals surface area contributed by atoms with Crippen LogP contribution in [-0.2, 0) is 12.6 Å². The summed E-state index contributed by atoms with van der Waals surface area (Å²) in [7, 11) is 0. The molecule has 1 nitrogen and oxygen atoms in total. The third kappa shape index (κ3) is 4.11. The van der Waals surface area contributed by atoms with Crippen molar-refractivity contribution in [3.8, 4) is 0 Å². The summed E-state index contributed by atoms with van der Waals surface area (Å²) in [6, 6.07) is 11.9. The highest BCUT2D eigenvalue weighted by Crippen LogP contribution is 2.29. The minimum atomic E-state index is -4.35. The van der Waals surface area contributed by atoms with Crippen molar-refractivity contribution in [2.75, 3.05) is 6.26 Å². The van der Waals surface area contributed by atoms with Gasteiger partial charge in [-0.1, -0.05) is 24.3 Å². The molecule has 2 rings (SSSR count). The lowest BCUT2D eigenvalue weighted by Gasteiger charge is -2.07. The number of hydrogen-bond acceptors (Lipinski definition) is 2. The number of alkyl halides is 3. The maximum Gasteiger partial charge on any atom is 0.416 e. The van der Waals surface area contributed by atoms with Crippen molar-refractivity contribution < 1.29 is 18.0 Å². The Bertz CT molecular complexity index is 615. The van der Waals surface area contributed by atoms with Crippen LogP contribution in [0.15, 0.2) is 53.4 Å². The topological polar surface area (TPSA) is 17.1 Å². The summed E-state index contributed by atoms with van der Waals surface area (Å²) >= 11 is 1.58. The molecular weight excluding hydrogens is 297 g/mol. The van der Waals surface area contributed by atoms with Crippen LogP contribution in [0, 0.1) is 0 Å². The molecule has 0 aliphatic carbocycles. The van der Waals surface area contributed by atoms with Crippen LogP contribution in [-0.4, -0.2) is 12.0 Å². The van der Waals surface area contributed by atoms with Crippen LogP contribution in [0.4, 0.5) is 13.2 Å². The zero-order valence-electron chi connectivity index (χ0n) is 11.3. The third-order valence-corrected chi connectivity index (χ3v) is 3.80. The molecule has 0 saturated carbocycles. The lowest BCUT2D eigenvalue weighted by atomic mass is 10.0. The Morgan fingerprint density at radius 3 is 2.05 bits per heavy atom. The average molecular weight is 310 g/mol. The molecule has 0 heterocycles. The van der Waals surface area contributed by atoms with E-state index in [1.54, 1.807) is 23.9 Å². The molecule has 5 heteroatoms. The van der Waals surface area contributed by atoms with Crippen LogP contribution in [0.1, 0.15) is 21.5 Å². The predicted molar refractivity (Wildman–Crippen MR) is 77.7 cm³/mol. The zero-order valence-corrected chi connectivity index (χ0v) is 12.1. The quantitative estimate of drug-likeness (QED) is 0.593. The van der Waals surface area contributed by atoms with E-state index in [0.717, 1.165) is 17.0 Å². The molecule has 0 N–H and O–H groups in total. The Balaban J connectivity index is 2.08. The molecule has 0 aliphatic heterocycles. The Labute approximate surface area is 125 Å². The summed E-state index contributed by atoms with van der Waals surface area (Å²) in [5.41, 5.74) is 0.428. The molecule has 0 bridgehead atoms. The standard InChI is InChI=1S/C16H13F3OS/c1-21-14-8-4-12(5-9-14)15(20)10-11-2-6-13(7-3-11)16(17,18)19/h2-9H,10H2,1H3. The van der Waals surface area contributed by atoms with E-state index in [1.165, 1.54) is 12.1 Å². The van der Waals surface area contributed by atoms with Gasteiger partial charge in [-0.3, -0.25) is 4.79 Å². The van der Waals surface area contributed by atoms with Crippen molar-refractivity contribution in [3.05, 3.63) is 65.2 Å². The van der Waals surface area contributed by atoms with Crippen molar-refractivity contribution in [2.24, 2.45) is 0 Å². The van der Waals surface area contributed by atoms with Crippen molar-refractivity contribution in [1.82, 2.24) is 0 Å². The van der Waals surface area contributed by atoms with Gasteiger partial charge in [-0.2, -0.15) is 13.2 Å². The van der Waals surface area contributed by atoms with E-state index in [2.05, 4.69) is 0 Å². The average Bonchev–Trinajstić information content (AvgIpc) is 2.47. The van der Waals surface area contributed by atoms with Gasteiger partial charge in [0.05, 0.1) is 5.56 Å². The van der Waals surface area contributed by atoms with E-state index in [9.17, 15) is 18.0 Å². The van der Waals surface area contributed by atoms with Crippen molar-refractivity contribution in [3.63, 3.8) is 0 Å². The highest BCUT2D eigenvalue weighted by atomic mass is 32.2. The van der Waals surface area contributed by atoms with E-state index in [4.69, 9.17) is 0 Å². The van der Waals surface area contributed by atoms with E-state index in [1.807, 2.05) is 18.4 Å². The van der Waals surface area contributed by atoms with Crippen LogP contribution in [0.3, 0.4) is 0 Å². The van der Waals surface area contributed by atoms with Crippen molar-refractivity contribution in [2.45, 2.75) is 17.5 Å². The fourth-order valence-corrected chi connectivity index (χ4v) is 2.28. The van der Waals surface area contributed by atoms with Gasteiger partial charge in [0.25, 0.3) is 0 Å². The van der Waals surface area contributed by atoms with Gasteiger partial charge < -0.3 is 0 Å². The Kier molecular flexibility index (Phi) is 4.73. The Hall–Kier alpha value is -1.75. The molecule has 110 valence electrons. The minimum Gasteiger partial charge on any atom is -0.294 e. The predicted octanol–water partition coefficient (Wildman–Crippen LogP) is 4.85. The maximum absolute atomic E-state index is 12.4. The molecular formula is C16H13F3OS. The smallest absolute Gasteiger partial charge is 0.294 e. The van der Waals surface area contributed by atoms with Gasteiger partial charge in [-0.25, -0.2) is 0 Å². The highest BCUT2D eigenvalue weighted by Gasteiger charge is 2.29. The monoisotopic (exact) mass is 310 g/mol.